The van der Waals surface area contributed by atoms with Crippen molar-refractivity contribution in [1.29, 1.82) is 0 Å². The number of nitrogens with one attached hydrogen (secondary N) is 2. The first-order chi connectivity index (χ1) is 16.7. The van der Waals surface area contributed by atoms with Gasteiger partial charge >= 0.3 is 41.7 Å². The Kier molecular flexibility index (Phi) is 7.39. The molecular weight excluding hydrogens is 492 g/mol. The summed E-state index contributed by atoms with van der Waals surface area (Å²) in [6.45, 7) is 0.173. The molecule has 182 valence electrons. The summed E-state index contributed by atoms with van der Waals surface area (Å²) < 4.78 is 66.6. The van der Waals surface area contributed by atoms with Crippen LogP contribution in [0.1, 0.15) is 35.8 Å². The molecule has 4 aromatic rings. The van der Waals surface area contributed by atoms with Crippen LogP contribution in [0.4, 0.5) is 27.8 Å². The second-order valence-electron chi connectivity index (χ2n) is 8.19. The van der Waals surface area contributed by atoms with Crippen LogP contribution in [0.2, 0.25) is 0 Å². The maximum absolute atomic E-state index is 14.0. The zero-order chi connectivity index (χ0) is 24.6. The van der Waals surface area contributed by atoms with Gasteiger partial charge in [0.15, 0.2) is 5.82 Å². The van der Waals surface area contributed by atoms with Gasteiger partial charge in [0.25, 0.3) is 0 Å². The van der Waals surface area contributed by atoms with Gasteiger partial charge in [0.2, 0.25) is 0 Å². The van der Waals surface area contributed by atoms with Crippen molar-refractivity contribution in [3.8, 4) is 22.5 Å². The Labute approximate surface area is 224 Å². The van der Waals surface area contributed by atoms with Gasteiger partial charge in [-0.2, -0.15) is 22.0 Å². The molecule has 36 heavy (non-hydrogen) atoms. The summed E-state index contributed by atoms with van der Waals surface area (Å²) >= 11 is 0. The Balaban J connectivity index is 0.00000304. The number of aromatic nitrogens is 6. The monoisotopic (exact) mass is 511 g/mol. The summed E-state index contributed by atoms with van der Waals surface area (Å²) in [4.78, 5) is 7.69. The molecule has 0 radical (unpaired) electrons. The summed E-state index contributed by atoms with van der Waals surface area (Å²) in [6.07, 6.45) is -4.42. The van der Waals surface area contributed by atoms with Crippen LogP contribution in [0.5, 0.6) is 0 Å². The number of alkyl halides is 5. The number of aromatic amines is 1. The predicted molar refractivity (Wildman–Crippen MR) is 123 cm³/mol. The van der Waals surface area contributed by atoms with E-state index in [9.17, 15) is 22.0 Å². The van der Waals surface area contributed by atoms with E-state index in [0.717, 1.165) is 22.3 Å². The van der Waals surface area contributed by atoms with Gasteiger partial charge in [0.05, 0.1) is 0 Å². The summed E-state index contributed by atoms with van der Waals surface area (Å²) in [5, 5.41) is 16.8. The Morgan fingerprint density at radius 3 is 2.22 bits per heavy atom. The first-order valence-corrected chi connectivity index (χ1v) is 10.7. The Morgan fingerprint density at radius 2 is 1.61 bits per heavy atom. The fourth-order valence-electron chi connectivity index (χ4n) is 3.60. The van der Waals surface area contributed by atoms with Crippen molar-refractivity contribution in [2.24, 2.45) is 0 Å². The van der Waals surface area contributed by atoms with Gasteiger partial charge in [-0.1, -0.05) is 48.5 Å². The molecule has 0 aliphatic heterocycles. The molecule has 0 unspecified atom stereocenters. The quantitative estimate of drug-likeness (QED) is 0.273. The molecule has 0 saturated heterocycles. The van der Waals surface area contributed by atoms with Crippen LogP contribution >= 0.6 is 0 Å². The second-order valence-corrected chi connectivity index (χ2v) is 8.19. The minimum absolute atomic E-state index is 0. The molecule has 0 atom stereocenters. The number of benzene rings is 2. The summed E-state index contributed by atoms with van der Waals surface area (Å²) in [5.41, 5.74) is 2.04. The molecule has 1 fully saturated rings. The van der Waals surface area contributed by atoms with Gasteiger partial charge < -0.3 is 5.32 Å². The Bertz CT molecular complexity index is 1320. The molecule has 13 heteroatoms. The molecule has 0 amide bonds. The van der Waals surface area contributed by atoms with Crippen molar-refractivity contribution in [3.05, 3.63) is 71.7 Å². The van der Waals surface area contributed by atoms with Crippen LogP contribution < -0.4 is 5.32 Å². The molecule has 2 N–H and O–H groups in total. The van der Waals surface area contributed by atoms with E-state index in [1.54, 1.807) is 0 Å². The van der Waals surface area contributed by atoms with Crippen molar-refractivity contribution < 1.29 is 22.0 Å². The Hall–Kier alpha value is -2.96. The van der Waals surface area contributed by atoms with Crippen molar-refractivity contribution in [3.63, 3.8) is 0 Å². The average Bonchev–Trinajstić information content (AvgIpc) is 3.56. The van der Waals surface area contributed by atoms with Gasteiger partial charge in [0.1, 0.15) is 17.3 Å². The van der Waals surface area contributed by atoms with E-state index in [2.05, 4.69) is 35.9 Å². The molecule has 1 aliphatic rings. The molecule has 5 rings (SSSR count). The van der Waals surface area contributed by atoms with Crippen molar-refractivity contribution >= 4 is 35.4 Å². The van der Waals surface area contributed by atoms with E-state index < -0.39 is 17.8 Å². The van der Waals surface area contributed by atoms with E-state index in [-0.39, 0.29) is 53.7 Å². The van der Waals surface area contributed by atoms with E-state index in [1.165, 1.54) is 0 Å². The van der Waals surface area contributed by atoms with Crippen molar-refractivity contribution in [1.82, 2.24) is 30.6 Å². The fourth-order valence-corrected chi connectivity index (χ4v) is 3.60. The number of hydrogen-bond acceptors (Lipinski definition) is 6. The van der Waals surface area contributed by atoms with Gasteiger partial charge in [0, 0.05) is 24.1 Å². The van der Waals surface area contributed by atoms with Crippen LogP contribution in [0.25, 0.3) is 22.5 Å². The van der Waals surface area contributed by atoms with E-state index in [0.29, 0.717) is 24.7 Å². The fraction of sp³-hybridized carbons (Fsp3) is 0.261. The van der Waals surface area contributed by atoms with Gasteiger partial charge in [-0.15, -0.1) is 5.10 Å². The zero-order valence-corrected chi connectivity index (χ0v) is 18.0. The summed E-state index contributed by atoms with van der Waals surface area (Å²) in [6, 6.07) is 15.6. The number of hydrogen-bond donors (Lipinski definition) is 2. The molecule has 1 aliphatic carbocycles. The first kappa shape index (κ1) is 26.1. The van der Waals surface area contributed by atoms with Crippen LogP contribution in [-0.4, -0.2) is 66.3 Å². The van der Waals surface area contributed by atoms with Gasteiger partial charge in [-0.25, -0.2) is 15.1 Å². The molecule has 1 saturated carbocycles. The third-order valence-electron chi connectivity index (χ3n) is 5.63. The van der Waals surface area contributed by atoms with E-state index in [1.807, 2.05) is 48.5 Å². The van der Waals surface area contributed by atoms with E-state index in [4.69, 9.17) is 0 Å². The second kappa shape index (κ2) is 10.2. The molecule has 2 heterocycles. The van der Waals surface area contributed by atoms with Crippen molar-refractivity contribution in [2.75, 3.05) is 5.32 Å². The van der Waals surface area contributed by atoms with Crippen LogP contribution in [-0.2, 0) is 12.5 Å². The topological polar surface area (TPSA) is 92.3 Å². The number of tetrazole rings is 1. The standard InChI is InChI=1S/C23H18F5N7.Na.H/c24-22(25,23(26,27)28)18-11-19(31-20(30-18)15-9-10-15)29-12-13-5-7-14(8-6-13)16-3-1-2-4-17(16)21-32-34-35-33-21;;/h1-8,11,15H,9-10,12H2,(H,29,30,31)(H,32,33,34,35);;. The molecule has 0 bridgehead atoms. The first-order valence-electron chi connectivity index (χ1n) is 10.7. The number of H-pyrrole nitrogens is 1. The number of anilines is 1. The van der Waals surface area contributed by atoms with Crippen LogP contribution in [0.15, 0.2) is 54.6 Å². The average molecular weight is 511 g/mol. The normalized spacial score (nSPS) is 13.8. The number of rotatable bonds is 7. The summed E-state index contributed by atoms with van der Waals surface area (Å²) in [7, 11) is 0. The SMILES string of the molecule is FC(F)(F)C(F)(F)c1cc(NCc2ccc(-c3ccccc3-c3nnn[nH]3)cc2)nc(C2CC2)n1.[NaH]. The van der Waals surface area contributed by atoms with Gasteiger partial charge in [-0.05, 0) is 40.0 Å². The molecule has 7 nitrogen and oxygen atoms in total. The number of halogens is 5. The third kappa shape index (κ3) is 5.40. The van der Waals surface area contributed by atoms with Crippen LogP contribution in [0, 0.1) is 0 Å². The van der Waals surface area contributed by atoms with Crippen LogP contribution in [0.3, 0.4) is 0 Å². The zero-order valence-electron chi connectivity index (χ0n) is 18.0. The molecular formula is C23H19F5N7Na. The van der Waals surface area contributed by atoms with Crippen molar-refractivity contribution in [2.45, 2.75) is 37.4 Å². The number of nitrogens with zero attached hydrogens (tertiary/aromatic N) is 5. The molecule has 2 aromatic carbocycles. The third-order valence-corrected chi connectivity index (χ3v) is 5.63. The minimum atomic E-state index is -5.74. The molecule has 2 aromatic heterocycles. The predicted octanol–water partition coefficient (Wildman–Crippen LogP) is 4.82. The molecule has 0 spiro atoms. The maximum atomic E-state index is 14.0. The van der Waals surface area contributed by atoms with Gasteiger partial charge in [-0.3, -0.25) is 0 Å². The van der Waals surface area contributed by atoms with E-state index >= 15 is 0 Å². The Morgan fingerprint density at radius 1 is 0.917 bits per heavy atom. The summed E-state index contributed by atoms with van der Waals surface area (Å²) in [5.74, 6) is -4.81.